The number of carbonyl (C=O) groups is 2. The number of hydrogen-bond donors (Lipinski definition) is 1. The van der Waals surface area contributed by atoms with E-state index in [1.165, 1.54) is 17.4 Å². The second-order valence-corrected chi connectivity index (χ2v) is 5.29. The van der Waals surface area contributed by atoms with Gasteiger partial charge in [0.15, 0.2) is 0 Å². The lowest BCUT2D eigenvalue weighted by molar-refractivity contribution is -0.131. The van der Waals surface area contributed by atoms with Gasteiger partial charge in [-0.25, -0.2) is 4.79 Å². The van der Waals surface area contributed by atoms with Gasteiger partial charge < -0.3 is 10.0 Å². The lowest BCUT2D eigenvalue weighted by Crippen LogP contribution is -2.37. The Bertz CT molecular complexity index is 555. The smallest absolute Gasteiger partial charge is 0.328 e. The van der Waals surface area contributed by atoms with E-state index in [0.717, 1.165) is 6.08 Å². The molecule has 0 atom stereocenters. The molecule has 1 aromatic rings. The summed E-state index contributed by atoms with van der Waals surface area (Å²) >= 11 is 1.27. The van der Waals surface area contributed by atoms with Crippen LogP contribution in [0.1, 0.15) is 35.5 Å². The Labute approximate surface area is 121 Å². The Morgan fingerprint density at radius 3 is 2.80 bits per heavy atom. The fourth-order valence-corrected chi connectivity index (χ4v) is 2.52. The first-order chi connectivity index (χ1) is 9.47. The minimum atomic E-state index is -1.06. The molecule has 0 saturated carbocycles. The Morgan fingerprint density at radius 2 is 2.25 bits per heavy atom. The maximum absolute atomic E-state index is 12.5. The van der Waals surface area contributed by atoms with Crippen LogP contribution >= 0.6 is 11.3 Å². The van der Waals surface area contributed by atoms with Crippen LogP contribution in [0.2, 0.25) is 0 Å². The minimum absolute atomic E-state index is 0.0192. The van der Waals surface area contributed by atoms with Crippen LogP contribution in [0, 0.1) is 11.3 Å². The van der Waals surface area contributed by atoms with Crippen molar-refractivity contribution >= 4 is 29.3 Å². The molecule has 0 saturated heterocycles. The highest BCUT2D eigenvalue weighted by Gasteiger charge is 2.21. The lowest BCUT2D eigenvalue weighted by Gasteiger charge is -2.25. The summed E-state index contributed by atoms with van der Waals surface area (Å²) in [7, 11) is 0. The number of carboxylic acid groups (broad SMARTS) is 1. The maximum Gasteiger partial charge on any atom is 0.328 e. The summed E-state index contributed by atoms with van der Waals surface area (Å²) in [6.07, 6.45) is 2.69. The van der Waals surface area contributed by atoms with Crippen molar-refractivity contribution < 1.29 is 14.7 Å². The number of carboxylic acids is 1. The molecule has 0 radical (unpaired) electrons. The Hall–Kier alpha value is -2.13. The van der Waals surface area contributed by atoms with Crippen LogP contribution in [-0.2, 0) is 4.79 Å². The number of amides is 1. The van der Waals surface area contributed by atoms with E-state index in [4.69, 9.17) is 10.4 Å². The minimum Gasteiger partial charge on any atom is -0.478 e. The fourth-order valence-electron chi connectivity index (χ4n) is 1.68. The molecule has 0 aliphatic carbocycles. The van der Waals surface area contributed by atoms with Crippen LogP contribution in [0.25, 0.3) is 6.08 Å². The summed E-state index contributed by atoms with van der Waals surface area (Å²) in [6, 6.07) is 3.71. The van der Waals surface area contributed by atoms with Gasteiger partial charge in [0.1, 0.15) is 0 Å². The van der Waals surface area contributed by atoms with Crippen molar-refractivity contribution in [3.8, 4) is 6.07 Å². The molecule has 1 rings (SSSR count). The largest absolute Gasteiger partial charge is 0.478 e. The third kappa shape index (κ3) is 4.21. The molecule has 1 N–H and O–H groups in total. The predicted octanol–water partition coefficient (Wildman–Crippen LogP) is 2.61. The van der Waals surface area contributed by atoms with Gasteiger partial charge in [-0.15, -0.1) is 11.3 Å². The summed E-state index contributed by atoms with van der Waals surface area (Å²) in [5.41, 5.74) is 0.588. The van der Waals surface area contributed by atoms with E-state index < -0.39 is 5.97 Å². The summed E-state index contributed by atoms with van der Waals surface area (Å²) in [5.74, 6) is -1.23. The lowest BCUT2D eigenvalue weighted by atomic mass is 10.2. The first-order valence-electron chi connectivity index (χ1n) is 6.13. The number of nitrogens with zero attached hydrogens (tertiary/aromatic N) is 2. The van der Waals surface area contributed by atoms with Crippen LogP contribution in [0.5, 0.6) is 0 Å². The summed E-state index contributed by atoms with van der Waals surface area (Å²) in [4.78, 5) is 25.1. The van der Waals surface area contributed by atoms with Crippen LogP contribution < -0.4 is 0 Å². The number of thiophene rings is 1. The summed E-state index contributed by atoms with van der Waals surface area (Å²) in [6.45, 7) is 4.14. The van der Waals surface area contributed by atoms with E-state index in [0.29, 0.717) is 17.0 Å². The number of nitriles is 1. The molecule has 0 aromatic carbocycles. The molecule has 0 fully saturated rings. The second kappa shape index (κ2) is 7.46. The zero-order valence-corrected chi connectivity index (χ0v) is 12.2. The van der Waals surface area contributed by atoms with Crippen molar-refractivity contribution in [2.24, 2.45) is 0 Å². The maximum atomic E-state index is 12.5. The SMILES string of the molecule is CC(C)N(CCC#N)C(=O)c1sccc1C=CC(=O)O. The molecular weight excluding hydrogens is 276 g/mol. The highest BCUT2D eigenvalue weighted by atomic mass is 32.1. The third-order valence-electron chi connectivity index (χ3n) is 2.64. The van der Waals surface area contributed by atoms with Crippen LogP contribution in [0.3, 0.4) is 0 Å². The van der Waals surface area contributed by atoms with Gasteiger partial charge in [0.25, 0.3) is 5.91 Å². The molecule has 1 heterocycles. The zero-order valence-electron chi connectivity index (χ0n) is 11.4. The van der Waals surface area contributed by atoms with Crippen molar-refractivity contribution in [1.82, 2.24) is 4.90 Å². The van der Waals surface area contributed by atoms with Gasteiger partial charge in [-0.2, -0.15) is 5.26 Å². The molecule has 106 valence electrons. The first-order valence-corrected chi connectivity index (χ1v) is 7.01. The predicted molar refractivity (Wildman–Crippen MR) is 77.4 cm³/mol. The molecule has 0 spiro atoms. The highest BCUT2D eigenvalue weighted by molar-refractivity contribution is 7.12. The average molecular weight is 292 g/mol. The molecule has 0 aliphatic heterocycles. The van der Waals surface area contributed by atoms with Crippen LogP contribution in [0.4, 0.5) is 0 Å². The van der Waals surface area contributed by atoms with Gasteiger partial charge in [-0.1, -0.05) is 0 Å². The normalized spacial score (nSPS) is 10.7. The van der Waals surface area contributed by atoms with Crippen molar-refractivity contribution in [2.75, 3.05) is 6.54 Å². The molecule has 0 bridgehead atoms. The van der Waals surface area contributed by atoms with E-state index in [9.17, 15) is 9.59 Å². The Balaban J connectivity index is 2.98. The number of hydrogen-bond acceptors (Lipinski definition) is 4. The van der Waals surface area contributed by atoms with Crippen molar-refractivity contribution in [3.05, 3.63) is 28.0 Å². The number of rotatable bonds is 6. The van der Waals surface area contributed by atoms with E-state index in [1.807, 2.05) is 19.9 Å². The zero-order chi connectivity index (χ0) is 15.1. The van der Waals surface area contributed by atoms with Gasteiger partial charge >= 0.3 is 5.97 Å². The highest BCUT2D eigenvalue weighted by Crippen LogP contribution is 2.21. The monoisotopic (exact) mass is 292 g/mol. The van der Waals surface area contributed by atoms with Gasteiger partial charge in [0.2, 0.25) is 0 Å². The van der Waals surface area contributed by atoms with Crippen molar-refractivity contribution in [1.29, 1.82) is 5.26 Å². The first kappa shape index (κ1) is 15.9. The second-order valence-electron chi connectivity index (χ2n) is 4.38. The summed E-state index contributed by atoms with van der Waals surface area (Å²) < 4.78 is 0. The fraction of sp³-hybridized carbons (Fsp3) is 0.357. The summed E-state index contributed by atoms with van der Waals surface area (Å²) in [5, 5.41) is 19.0. The molecular formula is C14H16N2O3S. The molecule has 1 amide bonds. The molecule has 6 heteroatoms. The quantitative estimate of drug-likeness (QED) is 0.817. The van der Waals surface area contributed by atoms with E-state index in [2.05, 4.69) is 0 Å². The molecule has 0 aliphatic rings. The van der Waals surface area contributed by atoms with Gasteiger partial charge in [-0.05, 0) is 36.9 Å². The van der Waals surface area contributed by atoms with Gasteiger partial charge in [-0.3, -0.25) is 4.79 Å². The van der Waals surface area contributed by atoms with E-state index >= 15 is 0 Å². The molecule has 20 heavy (non-hydrogen) atoms. The standard InChI is InChI=1S/C14H16N2O3S/c1-10(2)16(8-3-7-15)14(19)13-11(6-9-20-13)4-5-12(17)18/h4-6,9-10H,3,8H2,1-2H3,(H,17,18). The van der Waals surface area contributed by atoms with Crippen molar-refractivity contribution in [2.45, 2.75) is 26.3 Å². The van der Waals surface area contributed by atoms with Gasteiger partial charge in [0.05, 0.1) is 17.4 Å². The molecule has 0 unspecified atom stereocenters. The topological polar surface area (TPSA) is 81.4 Å². The van der Waals surface area contributed by atoms with E-state index in [1.54, 1.807) is 16.3 Å². The van der Waals surface area contributed by atoms with Crippen molar-refractivity contribution in [3.63, 3.8) is 0 Å². The van der Waals surface area contributed by atoms with Crippen LogP contribution in [-0.4, -0.2) is 34.5 Å². The Morgan fingerprint density at radius 1 is 1.55 bits per heavy atom. The van der Waals surface area contributed by atoms with Gasteiger partial charge in [0, 0.05) is 18.7 Å². The molecule has 5 nitrogen and oxygen atoms in total. The average Bonchev–Trinajstić information content (AvgIpc) is 2.84. The number of carbonyl (C=O) groups excluding carboxylic acids is 1. The molecule has 1 aromatic heterocycles. The Kier molecular flexibility index (Phi) is 5.94. The van der Waals surface area contributed by atoms with Crippen LogP contribution in [0.15, 0.2) is 17.5 Å². The van der Waals surface area contributed by atoms with E-state index in [-0.39, 0.29) is 18.4 Å². The third-order valence-corrected chi connectivity index (χ3v) is 3.56. The number of aliphatic carboxylic acids is 1.